The molecule has 1 aromatic carbocycles. The number of benzene rings is 1. The van der Waals surface area contributed by atoms with Crippen LogP contribution in [0, 0.1) is 0 Å². The zero-order chi connectivity index (χ0) is 18.9. The molecule has 0 spiro atoms. The third-order valence-corrected chi connectivity index (χ3v) is 3.87. The molecule has 7 nitrogen and oxygen atoms in total. The highest BCUT2D eigenvalue weighted by molar-refractivity contribution is 5.91. The number of carbonyl (C=O) groups is 1. The summed E-state index contributed by atoms with van der Waals surface area (Å²) in [5, 5.41) is 6.86. The minimum atomic E-state index is -0.680. The van der Waals surface area contributed by atoms with Crippen molar-refractivity contribution in [1.82, 2.24) is 10.1 Å². The predicted molar refractivity (Wildman–Crippen MR) is 96.3 cm³/mol. The highest BCUT2D eigenvalue weighted by Crippen LogP contribution is 2.40. The number of hydrogen-bond donors (Lipinski definition) is 1. The number of nitrogens with one attached hydrogen (secondary N) is 1. The van der Waals surface area contributed by atoms with Crippen LogP contribution in [0.4, 0.5) is 5.69 Å². The summed E-state index contributed by atoms with van der Waals surface area (Å²) in [5.74, 6) is 1.81. The van der Waals surface area contributed by atoms with Gasteiger partial charge in [0.1, 0.15) is 0 Å². The molecule has 0 bridgehead atoms. The fourth-order valence-corrected chi connectivity index (χ4v) is 2.59. The molecular weight excluding hydrogens is 334 g/mol. The van der Waals surface area contributed by atoms with E-state index in [9.17, 15) is 4.79 Å². The highest BCUT2D eigenvalue weighted by Gasteiger charge is 2.31. The standard InChI is InChI=1S/C19H25N3O4/c1-18(2,3)17-21-16(26-22-17)8-6-7-15(23)20-12-9-10-13-14(11-12)25-19(4,5)24-13/h9-11H,6-8H2,1-5H3,(H,20,23). The minimum absolute atomic E-state index is 0.0707. The first kappa shape index (κ1) is 18.2. The smallest absolute Gasteiger partial charge is 0.246 e. The maximum Gasteiger partial charge on any atom is 0.246 e. The van der Waals surface area contributed by atoms with Gasteiger partial charge in [-0.2, -0.15) is 4.98 Å². The highest BCUT2D eigenvalue weighted by atomic mass is 16.7. The molecule has 1 aromatic heterocycles. The van der Waals surface area contributed by atoms with Crippen molar-refractivity contribution in [2.24, 2.45) is 0 Å². The van der Waals surface area contributed by atoms with Crippen molar-refractivity contribution in [2.45, 2.75) is 65.1 Å². The number of nitrogens with zero attached hydrogens (tertiary/aromatic N) is 2. The normalized spacial score (nSPS) is 15.1. The van der Waals surface area contributed by atoms with Gasteiger partial charge in [0, 0.05) is 43.9 Å². The Bertz CT molecular complexity index is 805. The van der Waals surface area contributed by atoms with E-state index >= 15 is 0 Å². The van der Waals surface area contributed by atoms with Gasteiger partial charge in [-0.1, -0.05) is 25.9 Å². The molecule has 0 saturated heterocycles. The van der Waals surface area contributed by atoms with E-state index in [-0.39, 0.29) is 11.3 Å². The molecule has 1 amide bonds. The van der Waals surface area contributed by atoms with E-state index in [0.29, 0.717) is 48.2 Å². The zero-order valence-corrected chi connectivity index (χ0v) is 15.9. The number of aromatic nitrogens is 2. The third kappa shape index (κ3) is 4.33. The maximum atomic E-state index is 12.1. The van der Waals surface area contributed by atoms with Crippen molar-refractivity contribution >= 4 is 11.6 Å². The van der Waals surface area contributed by atoms with Crippen molar-refractivity contribution in [3.05, 3.63) is 29.9 Å². The van der Waals surface area contributed by atoms with Gasteiger partial charge >= 0.3 is 0 Å². The number of fused-ring (bicyclic) bond motifs is 1. The molecule has 0 fully saturated rings. The lowest BCUT2D eigenvalue weighted by atomic mass is 9.96. The maximum absolute atomic E-state index is 12.1. The molecule has 26 heavy (non-hydrogen) atoms. The molecule has 1 aliphatic heterocycles. The lowest BCUT2D eigenvalue weighted by Gasteiger charge is -2.16. The number of carbonyl (C=O) groups excluding carboxylic acids is 1. The zero-order valence-electron chi connectivity index (χ0n) is 15.9. The van der Waals surface area contributed by atoms with E-state index in [2.05, 4.69) is 15.5 Å². The largest absolute Gasteiger partial charge is 0.449 e. The van der Waals surface area contributed by atoms with Gasteiger partial charge in [-0.15, -0.1) is 0 Å². The lowest BCUT2D eigenvalue weighted by molar-refractivity contribution is -0.116. The van der Waals surface area contributed by atoms with Crippen molar-refractivity contribution in [3.8, 4) is 11.5 Å². The fraction of sp³-hybridized carbons (Fsp3) is 0.526. The van der Waals surface area contributed by atoms with Crippen LogP contribution in [0.2, 0.25) is 0 Å². The summed E-state index contributed by atoms with van der Waals surface area (Å²) < 4.78 is 16.6. The second-order valence-electron chi connectivity index (χ2n) is 7.93. The molecule has 2 heterocycles. The average molecular weight is 359 g/mol. The second kappa shape index (κ2) is 6.63. The SMILES string of the molecule is CC1(C)Oc2ccc(NC(=O)CCCc3nc(C(C)(C)C)no3)cc2O1. The van der Waals surface area contributed by atoms with E-state index in [1.54, 1.807) is 18.2 Å². The second-order valence-corrected chi connectivity index (χ2v) is 7.93. The summed E-state index contributed by atoms with van der Waals surface area (Å²) in [6, 6.07) is 5.37. The van der Waals surface area contributed by atoms with Crippen molar-refractivity contribution in [1.29, 1.82) is 0 Å². The molecule has 2 aromatic rings. The molecule has 7 heteroatoms. The molecule has 0 unspecified atom stereocenters. The van der Waals surface area contributed by atoms with Crippen LogP contribution < -0.4 is 14.8 Å². The molecule has 140 valence electrons. The van der Waals surface area contributed by atoms with Crippen LogP contribution in [0.25, 0.3) is 0 Å². The van der Waals surface area contributed by atoms with Crippen LogP contribution in [0.15, 0.2) is 22.7 Å². The molecule has 0 aliphatic carbocycles. The number of hydrogen-bond acceptors (Lipinski definition) is 6. The van der Waals surface area contributed by atoms with Crippen LogP contribution in [0.5, 0.6) is 11.5 Å². The van der Waals surface area contributed by atoms with Gasteiger partial charge in [0.2, 0.25) is 17.6 Å². The summed E-state index contributed by atoms with van der Waals surface area (Å²) in [7, 11) is 0. The van der Waals surface area contributed by atoms with Crippen molar-refractivity contribution < 1.29 is 18.8 Å². The Hall–Kier alpha value is -2.57. The van der Waals surface area contributed by atoms with Gasteiger partial charge in [0.25, 0.3) is 0 Å². The Morgan fingerprint density at radius 3 is 2.62 bits per heavy atom. The molecule has 3 rings (SSSR count). The molecule has 1 aliphatic rings. The summed E-state index contributed by atoms with van der Waals surface area (Å²) in [6.07, 6.45) is 1.58. The first-order valence-corrected chi connectivity index (χ1v) is 8.77. The summed E-state index contributed by atoms with van der Waals surface area (Å²) in [5.41, 5.74) is 0.537. The Morgan fingerprint density at radius 1 is 1.19 bits per heavy atom. The third-order valence-electron chi connectivity index (χ3n) is 3.87. The summed E-state index contributed by atoms with van der Waals surface area (Å²) in [6.45, 7) is 9.77. The Labute approximate surface area is 153 Å². The number of anilines is 1. The Morgan fingerprint density at radius 2 is 1.92 bits per heavy atom. The van der Waals surface area contributed by atoms with Gasteiger partial charge in [-0.05, 0) is 18.6 Å². The molecule has 0 radical (unpaired) electrons. The van der Waals surface area contributed by atoms with E-state index in [4.69, 9.17) is 14.0 Å². The van der Waals surface area contributed by atoms with E-state index in [1.807, 2.05) is 34.6 Å². The van der Waals surface area contributed by atoms with Crippen LogP contribution in [0.1, 0.15) is 59.2 Å². The molecular formula is C19H25N3O4. The first-order chi connectivity index (χ1) is 12.1. The van der Waals surface area contributed by atoms with Gasteiger partial charge in [-0.3, -0.25) is 4.79 Å². The lowest BCUT2D eigenvalue weighted by Crippen LogP contribution is -2.29. The van der Waals surface area contributed by atoms with E-state index in [0.717, 1.165) is 0 Å². The molecule has 0 atom stereocenters. The number of ether oxygens (including phenoxy) is 2. The monoisotopic (exact) mass is 359 g/mol. The van der Waals surface area contributed by atoms with Gasteiger partial charge in [0.05, 0.1) is 0 Å². The van der Waals surface area contributed by atoms with E-state index in [1.165, 1.54) is 0 Å². The van der Waals surface area contributed by atoms with Crippen LogP contribution in [-0.2, 0) is 16.6 Å². The van der Waals surface area contributed by atoms with Crippen molar-refractivity contribution in [3.63, 3.8) is 0 Å². The summed E-state index contributed by atoms with van der Waals surface area (Å²) in [4.78, 5) is 16.5. The number of rotatable bonds is 5. The predicted octanol–water partition coefficient (Wildman–Crippen LogP) is 3.84. The Balaban J connectivity index is 1.49. The average Bonchev–Trinajstić information content (AvgIpc) is 3.09. The van der Waals surface area contributed by atoms with E-state index < -0.39 is 5.79 Å². The van der Waals surface area contributed by atoms with Gasteiger partial charge in [0.15, 0.2) is 17.3 Å². The van der Waals surface area contributed by atoms with Crippen LogP contribution in [0.3, 0.4) is 0 Å². The number of aryl methyl sites for hydroxylation is 1. The van der Waals surface area contributed by atoms with Gasteiger partial charge < -0.3 is 19.3 Å². The topological polar surface area (TPSA) is 86.5 Å². The molecule has 1 N–H and O–H groups in total. The Kier molecular flexibility index (Phi) is 4.64. The van der Waals surface area contributed by atoms with Crippen molar-refractivity contribution in [2.75, 3.05) is 5.32 Å². The fourth-order valence-electron chi connectivity index (χ4n) is 2.59. The minimum Gasteiger partial charge on any atom is -0.449 e. The van der Waals surface area contributed by atoms with Crippen LogP contribution >= 0.6 is 0 Å². The van der Waals surface area contributed by atoms with Crippen LogP contribution in [-0.4, -0.2) is 21.8 Å². The summed E-state index contributed by atoms with van der Waals surface area (Å²) >= 11 is 0. The number of amides is 1. The molecule has 0 saturated carbocycles. The quantitative estimate of drug-likeness (QED) is 0.873. The van der Waals surface area contributed by atoms with Gasteiger partial charge in [-0.25, -0.2) is 0 Å². The first-order valence-electron chi connectivity index (χ1n) is 8.77.